The summed E-state index contributed by atoms with van der Waals surface area (Å²) in [4.78, 5) is 11.6. The van der Waals surface area contributed by atoms with Gasteiger partial charge >= 0.3 is 0 Å². The van der Waals surface area contributed by atoms with Gasteiger partial charge in [-0.1, -0.05) is 0 Å². The lowest BCUT2D eigenvalue weighted by atomic mass is 10.1. The fraction of sp³-hybridized carbons (Fsp3) is 0.533. The molecule has 2 atom stereocenters. The molecule has 0 aromatic heterocycles. The maximum atomic E-state index is 11.6. The summed E-state index contributed by atoms with van der Waals surface area (Å²) >= 11 is 0. The molecule has 1 amide bonds. The number of nitrogens with one attached hydrogen (secondary N) is 2. The third-order valence-electron chi connectivity index (χ3n) is 3.41. The minimum atomic E-state index is -0.456. The zero-order chi connectivity index (χ0) is 15.2. The van der Waals surface area contributed by atoms with Gasteiger partial charge in [-0.25, -0.2) is 0 Å². The van der Waals surface area contributed by atoms with Crippen LogP contribution in [0.3, 0.4) is 0 Å². The molecule has 0 fully saturated rings. The quantitative estimate of drug-likeness (QED) is 0.710. The number of fused-ring (bicyclic) bond motifs is 1. The third-order valence-corrected chi connectivity index (χ3v) is 3.41. The summed E-state index contributed by atoms with van der Waals surface area (Å²) in [5.74, 6) is 0.564. The fourth-order valence-corrected chi connectivity index (χ4v) is 2.30. The minimum Gasteiger partial charge on any atom is -0.479 e. The zero-order valence-electron chi connectivity index (χ0n) is 12.5. The van der Waals surface area contributed by atoms with E-state index < -0.39 is 6.10 Å². The van der Waals surface area contributed by atoms with Gasteiger partial charge in [0.2, 0.25) is 0 Å². The van der Waals surface area contributed by atoms with Gasteiger partial charge in [-0.3, -0.25) is 4.79 Å². The number of anilines is 2. The number of nitrogens with two attached hydrogens (primary N) is 1. The maximum absolute atomic E-state index is 11.6. The Hall–Kier alpha value is -1.79. The van der Waals surface area contributed by atoms with Crippen LogP contribution in [0.2, 0.25) is 0 Å². The summed E-state index contributed by atoms with van der Waals surface area (Å²) in [6.07, 6.45) is 1.41. The fourth-order valence-electron chi connectivity index (χ4n) is 2.30. The standard InChI is InChI=1S/C15H23N3O3/c1-10-15(19)18-13-8-11(5-6-14(13)21-10)17-12(9-20-2)4-3-7-16/h5-6,8,10,12,17H,3-4,7,9,16H2,1-2H3,(H,18,19). The molecule has 1 aliphatic rings. The van der Waals surface area contributed by atoms with Crippen LogP contribution in [0.1, 0.15) is 19.8 Å². The highest BCUT2D eigenvalue weighted by Crippen LogP contribution is 2.32. The van der Waals surface area contributed by atoms with Crippen molar-refractivity contribution in [2.24, 2.45) is 5.73 Å². The Labute approximate surface area is 125 Å². The van der Waals surface area contributed by atoms with E-state index in [9.17, 15) is 4.79 Å². The van der Waals surface area contributed by atoms with Crippen molar-refractivity contribution in [2.75, 3.05) is 30.9 Å². The lowest BCUT2D eigenvalue weighted by Crippen LogP contribution is -2.34. The SMILES string of the molecule is COCC(CCCN)Nc1ccc2c(c1)NC(=O)C(C)O2. The summed E-state index contributed by atoms with van der Waals surface area (Å²) < 4.78 is 10.8. The van der Waals surface area contributed by atoms with E-state index in [1.807, 2.05) is 18.2 Å². The molecular weight excluding hydrogens is 270 g/mol. The average Bonchev–Trinajstić information content (AvgIpc) is 2.46. The predicted molar refractivity (Wildman–Crippen MR) is 82.7 cm³/mol. The Bertz CT molecular complexity index is 493. The Morgan fingerprint density at radius 2 is 2.33 bits per heavy atom. The predicted octanol–water partition coefficient (Wildman–Crippen LogP) is 1.57. The molecule has 0 bridgehead atoms. The molecule has 4 N–H and O–H groups in total. The summed E-state index contributed by atoms with van der Waals surface area (Å²) in [7, 11) is 1.68. The van der Waals surface area contributed by atoms with Gasteiger partial charge in [-0.15, -0.1) is 0 Å². The lowest BCUT2D eigenvalue weighted by Gasteiger charge is -2.25. The van der Waals surface area contributed by atoms with Gasteiger partial charge in [0, 0.05) is 18.8 Å². The molecule has 0 saturated carbocycles. The van der Waals surface area contributed by atoms with Gasteiger partial charge in [-0.05, 0) is 44.5 Å². The van der Waals surface area contributed by atoms with Crippen molar-refractivity contribution in [3.63, 3.8) is 0 Å². The van der Waals surface area contributed by atoms with Crippen LogP contribution in [0.25, 0.3) is 0 Å². The van der Waals surface area contributed by atoms with Gasteiger partial charge < -0.3 is 25.8 Å². The maximum Gasteiger partial charge on any atom is 0.265 e. The molecule has 21 heavy (non-hydrogen) atoms. The van der Waals surface area contributed by atoms with Gasteiger partial charge in [0.15, 0.2) is 6.10 Å². The van der Waals surface area contributed by atoms with Crippen LogP contribution in [0.15, 0.2) is 18.2 Å². The number of carbonyl (C=O) groups is 1. The van der Waals surface area contributed by atoms with Crippen LogP contribution in [0.5, 0.6) is 5.75 Å². The molecule has 6 heteroatoms. The second-order valence-corrected chi connectivity index (χ2v) is 5.19. The Morgan fingerprint density at radius 3 is 3.05 bits per heavy atom. The van der Waals surface area contributed by atoms with E-state index in [0.29, 0.717) is 24.6 Å². The molecule has 1 aromatic carbocycles. The van der Waals surface area contributed by atoms with Crippen molar-refractivity contribution in [3.05, 3.63) is 18.2 Å². The number of benzene rings is 1. The molecule has 1 heterocycles. The first kappa shape index (κ1) is 15.6. The number of carbonyl (C=O) groups excluding carboxylic acids is 1. The van der Waals surface area contributed by atoms with Crippen LogP contribution in [-0.2, 0) is 9.53 Å². The molecule has 1 aliphatic heterocycles. The van der Waals surface area contributed by atoms with E-state index in [-0.39, 0.29) is 11.9 Å². The third kappa shape index (κ3) is 4.09. The first-order valence-corrected chi connectivity index (χ1v) is 7.21. The molecule has 1 aromatic rings. The molecule has 2 rings (SSSR count). The van der Waals surface area contributed by atoms with Crippen LogP contribution in [0.4, 0.5) is 11.4 Å². The summed E-state index contributed by atoms with van der Waals surface area (Å²) in [6, 6.07) is 5.87. The summed E-state index contributed by atoms with van der Waals surface area (Å²) in [5, 5.41) is 6.25. The molecule has 0 aliphatic carbocycles. The van der Waals surface area contributed by atoms with E-state index in [4.69, 9.17) is 15.2 Å². The van der Waals surface area contributed by atoms with E-state index >= 15 is 0 Å². The second kappa shape index (κ2) is 7.28. The highest BCUT2D eigenvalue weighted by Gasteiger charge is 2.23. The van der Waals surface area contributed by atoms with Crippen molar-refractivity contribution >= 4 is 17.3 Å². The highest BCUT2D eigenvalue weighted by atomic mass is 16.5. The summed E-state index contributed by atoms with van der Waals surface area (Å²) in [6.45, 7) is 3.00. The van der Waals surface area contributed by atoms with Crippen molar-refractivity contribution in [2.45, 2.75) is 31.9 Å². The zero-order valence-corrected chi connectivity index (χ0v) is 12.5. The normalized spacial score (nSPS) is 18.4. The Kier molecular flexibility index (Phi) is 5.41. The number of hydrogen-bond acceptors (Lipinski definition) is 5. The number of amides is 1. The van der Waals surface area contributed by atoms with Crippen molar-refractivity contribution in [3.8, 4) is 5.75 Å². The molecule has 6 nitrogen and oxygen atoms in total. The molecule has 0 saturated heterocycles. The number of methoxy groups -OCH3 is 1. The monoisotopic (exact) mass is 293 g/mol. The smallest absolute Gasteiger partial charge is 0.265 e. The first-order chi connectivity index (χ1) is 10.1. The van der Waals surface area contributed by atoms with Crippen LogP contribution < -0.4 is 21.1 Å². The van der Waals surface area contributed by atoms with Crippen molar-refractivity contribution in [1.82, 2.24) is 0 Å². The van der Waals surface area contributed by atoms with Crippen molar-refractivity contribution in [1.29, 1.82) is 0 Å². The van der Waals surface area contributed by atoms with E-state index in [2.05, 4.69) is 10.6 Å². The molecule has 116 valence electrons. The topological polar surface area (TPSA) is 85.6 Å². The number of ether oxygens (including phenoxy) is 2. The van der Waals surface area contributed by atoms with Crippen LogP contribution in [0, 0.1) is 0 Å². The van der Waals surface area contributed by atoms with E-state index in [1.54, 1.807) is 14.0 Å². The van der Waals surface area contributed by atoms with Gasteiger partial charge in [0.25, 0.3) is 5.91 Å². The van der Waals surface area contributed by atoms with Crippen LogP contribution in [-0.4, -0.2) is 38.3 Å². The number of hydrogen-bond donors (Lipinski definition) is 3. The highest BCUT2D eigenvalue weighted by molar-refractivity contribution is 5.98. The van der Waals surface area contributed by atoms with E-state index in [1.165, 1.54) is 0 Å². The molecule has 0 spiro atoms. The largest absolute Gasteiger partial charge is 0.479 e. The first-order valence-electron chi connectivity index (χ1n) is 7.21. The van der Waals surface area contributed by atoms with Crippen LogP contribution >= 0.6 is 0 Å². The molecule has 0 radical (unpaired) electrons. The lowest BCUT2D eigenvalue weighted by molar-refractivity contribution is -0.122. The Morgan fingerprint density at radius 1 is 1.52 bits per heavy atom. The van der Waals surface area contributed by atoms with E-state index in [0.717, 1.165) is 18.5 Å². The number of rotatable bonds is 7. The summed E-state index contributed by atoms with van der Waals surface area (Å²) in [5.41, 5.74) is 7.17. The molecule has 2 unspecified atom stereocenters. The van der Waals surface area contributed by atoms with Gasteiger partial charge in [0.1, 0.15) is 5.75 Å². The minimum absolute atomic E-state index is 0.128. The van der Waals surface area contributed by atoms with Gasteiger partial charge in [0.05, 0.1) is 12.3 Å². The average molecular weight is 293 g/mol. The Balaban J connectivity index is 2.06. The van der Waals surface area contributed by atoms with Gasteiger partial charge in [-0.2, -0.15) is 0 Å². The molecular formula is C15H23N3O3. The van der Waals surface area contributed by atoms with Crippen molar-refractivity contribution < 1.29 is 14.3 Å². The second-order valence-electron chi connectivity index (χ2n) is 5.19.